The van der Waals surface area contributed by atoms with Gasteiger partial charge in [-0.2, -0.15) is 0 Å². The molecule has 1 N–H and O–H groups in total. The number of ether oxygens (including phenoxy) is 1. The van der Waals surface area contributed by atoms with Crippen LogP contribution < -0.4 is 4.74 Å². The van der Waals surface area contributed by atoms with Gasteiger partial charge in [0.15, 0.2) is 5.78 Å². The van der Waals surface area contributed by atoms with E-state index in [1.54, 1.807) is 0 Å². The van der Waals surface area contributed by atoms with Gasteiger partial charge in [-0.25, -0.2) is 0 Å². The summed E-state index contributed by atoms with van der Waals surface area (Å²) in [5.74, 6) is 0.766. The number of carbonyl (C=O) groups is 1. The first-order valence-corrected chi connectivity index (χ1v) is 5.11. The second-order valence-electron chi connectivity index (χ2n) is 3.26. The summed E-state index contributed by atoms with van der Waals surface area (Å²) in [4.78, 5) is 11.1. The molecule has 0 aliphatic rings. The van der Waals surface area contributed by atoms with E-state index in [-0.39, 0.29) is 19.0 Å². The van der Waals surface area contributed by atoms with Crippen LogP contribution in [0.2, 0.25) is 0 Å². The van der Waals surface area contributed by atoms with Crippen LogP contribution in [0.5, 0.6) is 5.75 Å². The van der Waals surface area contributed by atoms with Crippen molar-refractivity contribution in [3.8, 4) is 5.75 Å². The predicted octanol–water partition coefficient (Wildman–Crippen LogP) is 1.58. The van der Waals surface area contributed by atoms with Crippen molar-refractivity contribution in [3.05, 3.63) is 29.8 Å². The van der Waals surface area contributed by atoms with Crippen LogP contribution in [0.3, 0.4) is 0 Å². The summed E-state index contributed by atoms with van der Waals surface area (Å²) in [5.41, 5.74) is 0.934. The molecule has 3 nitrogen and oxygen atoms in total. The maximum atomic E-state index is 11.1. The first-order valence-electron chi connectivity index (χ1n) is 5.11. The van der Waals surface area contributed by atoms with Crippen LogP contribution in [-0.2, 0) is 11.2 Å². The standard InChI is InChI=1S/C12H16O3/c1-2-11(14)9-15-12-6-4-3-5-10(12)7-8-13/h3-6,13H,2,7-9H2,1H3. The lowest BCUT2D eigenvalue weighted by Crippen LogP contribution is -2.10. The molecule has 0 aromatic heterocycles. The Kier molecular flexibility index (Phi) is 4.84. The van der Waals surface area contributed by atoms with Crippen molar-refractivity contribution in [2.75, 3.05) is 13.2 Å². The molecule has 0 spiro atoms. The third-order valence-corrected chi connectivity index (χ3v) is 2.14. The second kappa shape index (κ2) is 6.19. The van der Waals surface area contributed by atoms with E-state index in [1.807, 2.05) is 31.2 Å². The van der Waals surface area contributed by atoms with Gasteiger partial charge in [0.05, 0.1) is 0 Å². The van der Waals surface area contributed by atoms with E-state index in [4.69, 9.17) is 9.84 Å². The Hall–Kier alpha value is -1.35. The van der Waals surface area contributed by atoms with Gasteiger partial charge in [0.2, 0.25) is 0 Å². The highest BCUT2D eigenvalue weighted by atomic mass is 16.5. The highest BCUT2D eigenvalue weighted by molar-refractivity contribution is 5.79. The molecule has 0 saturated carbocycles. The SMILES string of the molecule is CCC(=O)COc1ccccc1CCO. The smallest absolute Gasteiger partial charge is 0.169 e. The number of carbonyl (C=O) groups excluding carboxylic acids is 1. The van der Waals surface area contributed by atoms with E-state index in [2.05, 4.69) is 0 Å². The lowest BCUT2D eigenvalue weighted by Gasteiger charge is -2.09. The van der Waals surface area contributed by atoms with Crippen LogP contribution in [-0.4, -0.2) is 24.1 Å². The van der Waals surface area contributed by atoms with Gasteiger partial charge in [-0.3, -0.25) is 4.79 Å². The largest absolute Gasteiger partial charge is 0.486 e. The second-order valence-corrected chi connectivity index (χ2v) is 3.26. The number of hydrogen-bond acceptors (Lipinski definition) is 3. The minimum absolute atomic E-state index is 0.0776. The molecule has 1 aromatic rings. The summed E-state index contributed by atoms with van der Waals surface area (Å²) < 4.78 is 5.38. The van der Waals surface area contributed by atoms with E-state index in [0.29, 0.717) is 18.6 Å². The number of hydrogen-bond donors (Lipinski definition) is 1. The van der Waals surface area contributed by atoms with Gasteiger partial charge in [-0.1, -0.05) is 25.1 Å². The van der Waals surface area contributed by atoms with Gasteiger partial charge in [-0.05, 0) is 18.1 Å². The Labute approximate surface area is 89.7 Å². The topological polar surface area (TPSA) is 46.5 Å². The van der Waals surface area contributed by atoms with Crippen molar-refractivity contribution < 1.29 is 14.6 Å². The third kappa shape index (κ3) is 3.72. The summed E-state index contributed by atoms with van der Waals surface area (Å²) in [6.45, 7) is 2.01. The number of ketones is 1. The molecule has 0 fully saturated rings. The average Bonchev–Trinajstić information content (AvgIpc) is 2.28. The quantitative estimate of drug-likeness (QED) is 0.772. The maximum absolute atomic E-state index is 11.1. The number of para-hydroxylation sites is 1. The highest BCUT2D eigenvalue weighted by Gasteiger charge is 2.04. The zero-order valence-electron chi connectivity index (χ0n) is 8.90. The van der Waals surface area contributed by atoms with Gasteiger partial charge in [0.1, 0.15) is 12.4 Å². The zero-order chi connectivity index (χ0) is 11.1. The molecule has 0 saturated heterocycles. The van der Waals surface area contributed by atoms with Crippen LogP contribution in [0.25, 0.3) is 0 Å². The third-order valence-electron chi connectivity index (χ3n) is 2.14. The van der Waals surface area contributed by atoms with E-state index in [9.17, 15) is 4.79 Å². The summed E-state index contributed by atoms with van der Waals surface area (Å²) in [7, 11) is 0. The Bertz CT molecular complexity index is 320. The molecule has 0 unspecified atom stereocenters. The first kappa shape index (κ1) is 11.7. The van der Waals surface area contributed by atoms with E-state index < -0.39 is 0 Å². The molecule has 0 radical (unpaired) electrons. The van der Waals surface area contributed by atoms with Crippen molar-refractivity contribution in [1.29, 1.82) is 0 Å². The monoisotopic (exact) mass is 208 g/mol. The van der Waals surface area contributed by atoms with Crippen molar-refractivity contribution >= 4 is 5.78 Å². The average molecular weight is 208 g/mol. The minimum Gasteiger partial charge on any atom is -0.486 e. The number of rotatable bonds is 6. The van der Waals surface area contributed by atoms with Crippen LogP contribution in [0.15, 0.2) is 24.3 Å². The lowest BCUT2D eigenvalue weighted by atomic mass is 10.1. The molecule has 0 bridgehead atoms. The van der Waals surface area contributed by atoms with Crippen LogP contribution >= 0.6 is 0 Å². The van der Waals surface area contributed by atoms with E-state index in [0.717, 1.165) is 5.56 Å². The van der Waals surface area contributed by atoms with Gasteiger partial charge in [0.25, 0.3) is 0 Å². The molecule has 0 atom stereocenters. The van der Waals surface area contributed by atoms with Crippen LogP contribution in [0.1, 0.15) is 18.9 Å². The van der Waals surface area contributed by atoms with Gasteiger partial charge in [0, 0.05) is 13.0 Å². The van der Waals surface area contributed by atoms with Gasteiger partial charge < -0.3 is 9.84 Å². The number of Topliss-reactive ketones (excluding diaryl/α,β-unsaturated/α-hetero) is 1. The minimum atomic E-state index is 0.0776. The predicted molar refractivity (Wildman–Crippen MR) is 58.0 cm³/mol. The summed E-state index contributed by atoms with van der Waals surface area (Å²) in [6.07, 6.45) is 1.04. The fraction of sp³-hybridized carbons (Fsp3) is 0.417. The zero-order valence-corrected chi connectivity index (χ0v) is 8.90. The lowest BCUT2D eigenvalue weighted by molar-refractivity contribution is -0.120. The maximum Gasteiger partial charge on any atom is 0.169 e. The Morgan fingerprint density at radius 2 is 2.13 bits per heavy atom. The Morgan fingerprint density at radius 1 is 1.40 bits per heavy atom. The normalized spacial score (nSPS) is 10.0. The Morgan fingerprint density at radius 3 is 2.80 bits per heavy atom. The molecule has 0 amide bonds. The fourth-order valence-electron chi connectivity index (χ4n) is 1.23. The molecular formula is C12H16O3. The fourth-order valence-corrected chi connectivity index (χ4v) is 1.23. The molecule has 1 aromatic carbocycles. The Balaban J connectivity index is 2.62. The summed E-state index contributed by atoms with van der Waals surface area (Å²) in [6, 6.07) is 7.45. The number of aliphatic hydroxyl groups is 1. The number of aliphatic hydroxyl groups excluding tert-OH is 1. The van der Waals surface area contributed by atoms with Crippen molar-refractivity contribution in [2.45, 2.75) is 19.8 Å². The molecule has 0 heterocycles. The first-order chi connectivity index (χ1) is 7.27. The molecule has 0 aliphatic heterocycles. The van der Waals surface area contributed by atoms with Crippen molar-refractivity contribution in [2.24, 2.45) is 0 Å². The molecule has 1 rings (SSSR count). The molecule has 0 aliphatic carbocycles. The molecule has 82 valence electrons. The summed E-state index contributed by atoms with van der Waals surface area (Å²) in [5, 5.41) is 8.85. The van der Waals surface area contributed by atoms with Crippen LogP contribution in [0.4, 0.5) is 0 Å². The van der Waals surface area contributed by atoms with Crippen molar-refractivity contribution in [3.63, 3.8) is 0 Å². The van der Waals surface area contributed by atoms with Gasteiger partial charge >= 0.3 is 0 Å². The number of benzene rings is 1. The van der Waals surface area contributed by atoms with Gasteiger partial charge in [-0.15, -0.1) is 0 Å². The van der Waals surface area contributed by atoms with Crippen molar-refractivity contribution in [1.82, 2.24) is 0 Å². The summed E-state index contributed by atoms with van der Waals surface area (Å²) >= 11 is 0. The van der Waals surface area contributed by atoms with E-state index >= 15 is 0 Å². The van der Waals surface area contributed by atoms with Crippen LogP contribution in [0, 0.1) is 0 Å². The highest BCUT2D eigenvalue weighted by Crippen LogP contribution is 2.18. The molecule has 15 heavy (non-hydrogen) atoms. The molecule has 3 heteroatoms. The molecular weight excluding hydrogens is 192 g/mol. The van der Waals surface area contributed by atoms with E-state index in [1.165, 1.54) is 0 Å².